The van der Waals surface area contributed by atoms with E-state index in [1.807, 2.05) is 99.0 Å². The van der Waals surface area contributed by atoms with E-state index in [1.165, 1.54) is 6.20 Å². The van der Waals surface area contributed by atoms with Crippen LogP contribution in [0, 0.1) is 11.3 Å². The van der Waals surface area contributed by atoms with Crippen LogP contribution < -0.4 is 20.7 Å². The standard InChI is InChI=1S/C34H34N6O3/c1-40(2)19-6-20-42-29-15-11-25(12-16-29)31-21-30-32(26(22-35)23-37-33(30)43-31)36-18-17-24-9-13-28(14-10-24)39-34(41)38-27-7-4-3-5-8-27/h3-5,7-16,21,23H,6,17-20H2,1-2H3,(H,36,37)(H2,38,39,41). The van der Waals surface area contributed by atoms with Gasteiger partial charge in [0, 0.05) is 30.0 Å². The first kappa shape index (κ1) is 29.2. The van der Waals surface area contributed by atoms with Gasteiger partial charge in [0.25, 0.3) is 0 Å². The summed E-state index contributed by atoms with van der Waals surface area (Å²) in [4.78, 5) is 18.8. The van der Waals surface area contributed by atoms with E-state index in [9.17, 15) is 10.1 Å². The molecule has 2 amide bonds. The molecule has 2 heterocycles. The van der Waals surface area contributed by atoms with Crippen molar-refractivity contribution in [3.8, 4) is 23.1 Å². The van der Waals surface area contributed by atoms with Gasteiger partial charge in [-0.25, -0.2) is 9.78 Å². The number of furan rings is 1. The molecule has 0 aliphatic carbocycles. The largest absolute Gasteiger partial charge is 0.494 e. The first-order chi connectivity index (χ1) is 21.0. The van der Waals surface area contributed by atoms with Gasteiger partial charge >= 0.3 is 6.03 Å². The Balaban J connectivity index is 1.19. The van der Waals surface area contributed by atoms with E-state index in [1.54, 1.807) is 0 Å². The summed E-state index contributed by atoms with van der Waals surface area (Å²) in [6, 6.07) is 28.6. The van der Waals surface area contributed by atoms with E-state index < -0.39 is 0 Å². The van der Waals surface area contributed by atoms with E-state index in [0.29, 0.717) is 48.0 Å². The third-order valence-electron chi connectivity index (χ3n) is 6.80. The fourth-order valence-corrected chi connectivity index (χ4v) is 4.59. The summed E-state index contributed by atoms with van der Waals surface area (Å²) >= 11 is 0. The van der Waals surface area contributed by atoms with Gasteiger partial charge in [-0.15, -0.1) is 0 Å². The molecule has 5 aromatic rings. The van der Waals surface area contributed by atoms with E-state index >= 15 is 0 Å². The highest BCUT2D eigenvalue weighted by atomic mass is 16.5. The molecule has 3 N–H and O–H groups in total. The maximum absolute atomic E-state index is 12.3. The second-order valence-electron chi connectivity index (χ2n) is 10.3. The minimum Gasteiger partial charge on any atom is -0.494 e. The van der Waals surface area contributed by atoms with Gasteiger partial charge in [0.05, 0.1) is 29.4 Å². The molecule has 218 valence electrons. The van der Waals surface area contributed by atoms with Crippen LogP contribution in [-0.4, -0.2) is 49.7 Å². The van der Waals surface area contributed by atoms with E-state index in [-0.39, 0.29) is 6.03 Å². The number of amides is 2. The number of hydrogen-bond acceptors (Lipinski definition) is 7. The predicted molar refractivity (Wildman–Crippen MR) is 171 cm³/mol. The number of benzene rings is 3. The number of nitrogens with one attached hydrogen (secondary N) is 3. The maximum Gasteiger partial charge on any atom is 0.323 e. The molecular formula is C34H34N6O3. The number of anilines is 3. The van der Waals surface area contributed by atoms with Gasteiger partial charge in [-0.1, -0.05) is 30.3 Å². The van der Waals surface area contributed by atoms with Crippen LogP contribution in [0.3, 0.4) is 0 Å². The molecule has 5 rings (SSSR count). The second-order valence-corrected chi connectivity index (χ2v) is 10.3. The minimum absolute atomic E-state index is 0.300. The highest BCUT2D eigenvalue weighted by molar-refractivity contribution is 5.99. The van der Waals surface area contributed by atoms with Gasteiger partial charge in [0.1, 0.15) is 17.6 Å². The molecule has 0 atom stereocenters. The van der Waals surface area contributed by atoms with Crippen molar-refractivity contribution in [3.63, 3.8) is 0 Å². The molecule has 2 aromatic heterocycles. The zero-order valence-corrected chi connectivity index (χ0v) is 24.3. The number of nitriles is 1. The maximum atomic E-state index is 12.3. The van der Waals surface area contributed by atoms with Crippen LogP contribution in [0.2, 0.25) is 0 Å². The minimum atomic E-state index is -0.300. The Kier molecular flexibility index (Phi) is 9.52. The van der Waals surface area contributed by atoms with Crippen molar-refractivity contribution in [3.05, 3.63) is 102 Å². The van der Waals surface area contributed by atoms with Crippen LogP contribution in [0.25, 0.3) is 22.4 Å². The third kappa shape index (κ3) is 7.91. The van der Waals surface area contributed by atoms with Gasteiger partial charge in [-0.3, -0.25) is 0 Å². The van der Waals surface area contributed by atoms with Crippen molar-refractivity contribution in [2.75, 3.05) is 49.7 Å². The molecule has 0 unspecified atom stereocenters. The van der Waals surface area contributed by atoms with Crippen LogP contribution in [0.1, 0.15) is 17.5 Å². The summed E-state index contributed by atoms with van der Waals surface area (Å²) < 4.78 is 11.9. The third-order valence-corrected chi connectivity index (χ3v) is 6.80. The number of urea groups is 1. The van der Waals surface area contributed by atoms with Gasteiger partial charge in [-0.2, -0.15) is 5.26 Å². The van der Waals surface area contributed by atoms with E-state index in [2.05, 4.69) is 31.9 Å². The average molecular weight is 575 g/mol. The molecule has 0 saturated heterocycles. The number of aromatic nitrogens is 1. The lowest BCUT2D eigenvalue weighted by Gasteiger charge is -2.10. The van der Waals surface area contributed by atoms with Crippen molar-refractivity contribution in [1.82, 2.24) is 9.88 Å². The fourth-order valence-electron chi connectivity index (χ4n) is 4.59. The molecule has 9 heteroatoms. The number of nitrogens with zero attached hydrogens (tertiary/aromatic N) is 3. The lowest BCUT2D eigenvalue weighted by atomic mass is 10.1. The number of carbonyl (C=O) groups excluding carboxylic acids is 1. The predicted octanol–water partition coefficient (Wildman–Crippen LogP) is 7.00. The quantitative estimate of drug-likeness (QED) is 0.138. The monoisotopic (exact) mass is 574 g/mol. The van der Waals surface area contributed by atoms with Crippen LogP contribution in [0.15, 0.2) is 95.5 Å². The first-order valence-corrected chi connectivity index (χ1v) is 14.1. The number of rotatable bonds is 12. The summed E-state index contributed by atoms with van der Waals surface area (Å²) in [5.74, 6) is 1.48. The molecule has 0 radical (unpaired) electrons. The number of para-hydroxylation sites is 1. The van der Waals surface area contributed by atoms with Gasteiger partial charge < -0.3 is 30.0 Å². The number of hydrogen-bond donors (Lipinski definition) is 3. The molecule has 9 nitrogen and oxygen atoms in total. The highest BCUT2D eigenvalue weighted by Gasteiger charge is 2.15. The molecule has 0 saturated carbocycles. The Morgan fingerprint density at radius 1 is 0.977 bits per heavy atom. The van der Waals surface area contributed by atoms with Crippen molar-refractivity contribution >= 4 is 34.2 Å². The molecule has 0 aliphatic heterocycles. The highest BCUT2D eigenvalue weighted by Crippen LogP contribution is 2.33. The zero-order valence-electron chi connectivity index (χ0n) is 24.3. The number of ether oxygens (including phenoxy) is 1. The average Bonchev–Trinajstić information content (AvgIpc) is 3.46. The lowest BCUT2D eigenvalue weighted by molar-refractivity contribution is 0.262. The molecule has 0 bridgehead atoms. The van der Waals surface area contributed by atoms with Gasteiger partial charge in [0.2, 0.25) is 5.71 Å². The Bertz CT molecular complexity index is 1690. The zero-order chi connectivity index (χ0) is 30.0. The smallest absolute Gasteiger partial charge is 0.323 e. The molecule has 0 aliphatic rings. The number of fused-ring (bicyclic) bond motifs is 1. The van der Waals surface area contributed by atoms with E-state index in [0.717, 1.165) is 40.9 Å². The van der Waals surface area contributed by atoms with Crippen molar-refractivity contribution in [1.29, 1.82) is 5.26 Å². The first-order valence-electron chi connectivity index (χ1n) is 14.1. The molecule has 0 fully saturated rings. The lowest BCUT2D eigenvalue weighted by Crippen LogP contribution is -2.19. The topological polar surface area (TPSA) is 115 Å². The summed E-state index contributed by atoms with van der Waals surface area (Å²) in [5.41, 5.74) is 5.01. The summed E-state index contributed by atoms with van der Waals surface area (Å²) in [6.07, 6.45) is 3.20. The Hall–Kier alpha value is -5.33. The summed E-state index contributed by atoms with van der Waals surface area (Å²) in [7, 11) is 4.10. The van der Waals surface area contributed by atoms with Gasteiger partial charge in [-0.05, 0) is 87.1 Å². The molecule has 3 aromatic carbocycles. The van der Waals surface area contributed by atoms with Crippen molar-refractivity contribution in [2.45, 2.75) is 12.8 Å². The number of pyridine rings is 1. The Labute approximate surface area is 251 Å². The number of carbonyl (C=O) groups is 1. The Morgan fingerprint density at radius 2 is 1.70 bits per heavy atom. The van der Waals surface area contributed by atoms with Crippen molar-refractivity contribution in [2.24, 2.45) is 0 Å². The van der Waals surface area contributed by atoms with E-state index in [4.69, 9.17) is 9.15 Å². The second kappa shape index (κ2) is 14.0. The normalized spacial score (nSPS) is 10.8. The van der Waals surface area contributed by atoms with Crippen LogP contribution in [0.4, 0.5) is 21.9 Å². The SMILES string of the molecule is CN(C)CCCOc1ccc(-c2cc3c(NCCc4ccc(NC(=O)Nc5ccccc5)cc4)c(C#N)cnc3o2)cc1. The van der Waals surface area contributed by atoms with Gasteiger partial charge in [0.15, 0.2) is 0 Å². The van der Waals surface area contributed by atoms with Crippen LogP contribution in [0.5, 0.6) is 5.75 Å². The molecule has 0 spiro atoms. The Morgan fingerprint density at radius 3 is 2.40 bits per heavy atom. The van der Waals surface area contributed by atoms with Crippen LogP contribution in [-0.2, 0) is 6.42 Å². The molecule has 43 heavy (non-hydrogen) atoms. The fraction of sp³-hybridized carbons (Fsp3) is 0.206. The van der Waals surface area contributed by atoms with Crippen LogP contribution >= 0.6 is 0 Å². The van der Waals surface area contributed by atoms with Crippen molar-refractivity contribution < 1.29 is 13.9 Å². The summed E-state index contributed by atoms with van der Waals surface area (Å²) in [6.45, 7) is 2.23. The molecular weight excluding hydrogens is 540 g/mol. The summed E-state index contributed by atoms with van der Waals surface area (Å²) in [5, 5.41) is 19.6.